The van der Waals surface area contributed by atoms with E-state index in [0.717, 1.165) is 17.7 Å². The molecule has 2 unspecified atom stereocenters. The zero-order valence-corrected chi connectivity index (χ0v) is 10.9. The summed E-state index contributed by atoms with van der Waals surface area (Å²) in [7, 11) is 1.95. The second kappa shape index (κ2) is 7.30. The van der Waals surface area contributed by atoms with Gasteiger partial charge in [-0.25, -0.2) is 0 Å². The van der Waals surface area contributed by atoms with E-state index in [1.807, 2.05) is 32.2 Å². The van der Waals surface area contributed by atoms with Crippen LogP contribution in [0, 0.1) is 0 Å². The topological polar surface area (TPSA) is 41.5 Å². The molecule has 0 fully saturated rings. The van der Waals surface area contributed by atoms with E-state index >= 15 is 0 Å². The highest BCUT2D eigenvalue weighted by Crippen LogP contribution is 2.26. The van der Waals surface area contributed by atoms with Crippen molar-refractivity contribution in [2.45, 2.75) is 38.8 Å². The monoisotopic (exact) mass is 237 g/mol. The van der Waals surface area contributed by atoms with Gasteiger partial charge in [0, 0.05) is 11.6 Å². The molecule has 0 heterocycles. The average molecular weight is 237 g/mol. The average Bonchev–Trinajstić information content (AvgIpc) is 2.38. The van der Waals surface area contributed by atoms with E-state index in [9.17, 15) is 5.11 Å². The van der Waals surface area contributed by atoms with Crippen molar-refractivity contribution in [1.29, 1.82) is 0 Å². The van der Waals surface area contributed by atoms with Crippen molar-refractivity contribution < 1.29 is 9.84 Å². The maximum absolute atomic E-state index is 9.52. The second-order valence-electron chi connectivity index (χ2n) is 4.16. The Morgan fingerprint density at radius 3 is 2.53 bits per heavy atom. The summed E-state index contributed by atoms with van der Waals surface area (Å²) in [6, 6.07) is 8.29. The highest BCUT2D eigenvalue weighted by molar-refractivity contribution is 5.35. The number of nitrogens with one attached hydrogen (secondary N) is 1. The van der Waals surface area contributed by atoms with Gasteiger partial charge < -0.3 is 15.2 Å². The van der Waals surface area contributed by atoms with Crippen LogP contribution >= 0.6 is 0 Å². The van der Waals surface area contributed by atoms with Gasteiger partial charge in [-0.3, -0.25) is 0 Å². The van der Waals surface area contributed by atoms with Crippen molar-refractivity contribution in [3.63, 3.8) is 0 Å². The van der Waals surface area contributed by atoms with Crippen LogP contribution < -0.4 is 10.1 Å². The summed E-state index contributed by atoms with van der Waals surface area (Å²) in [5.74, 6) is 0.862. The fourth-order valence-corrected chi connectivity index (χ4v) is 1.78. The van der Waals surface area contributed by atoms with E-state index in [1.165, 1.54) is 0 Å². The molecule has 17 heavy (non-hydrogen) atoms. The van der Waals surface area contributed by atoms with Gasteiger partial charge in [0.25, 0.3) is 0 Å². The van der Waals surface area contributed by atoms with Crippen molar-refractivity contribution >= 4 is 0 Å². The number of hydrogen-bond donors (Lipinski definition) is 2. The Hall–Kier alpha value is -1.06. The fraction of sp³-hybridized carbons (Fsp3) is 0.571. The molecule has 3 heteroatoms. The predicted molar refractivity (Wildman–Crippen MR) is 70.3 cm³/mol. The molecule has 0 aromatic heterocycles. The van der Waals surface area contributed by atoms with Crippen molar-refractivity contribution in [3.8, 4) is 5.75 Å². The lowest BCUT2D eigenvalue weighted by atomic mass is 10.0. The van der Waals surface area contributed by atoms with Gasteiger partial charge in [-0.15, -0.1) is 0 Å². The summed E-state index contributed by atoms with van der Waals surface area (Å²) in [6.07, 6.45) is 1.33. The van der Waals surface area contributed by atoms with Gasteiger partial charge in [-0.05, 0) is 26.0 Å². The lowest BCUT2D eigenvalue weighted by Gasteiger charge is -2.19. The molecule has 96 valence electrons. The first-order chi connectivity index (χ1) is 8.22. The summed E-state index contributed by atoms with van der Waals surface area (Å²) >= 11 is 0. The summed E-state index contributed by atoms with van der Waals surface area (Å²) in [4.78, 5) is 0. The molecule has 0 aliphatic rings. The first-order valence-electron chi connectivity index (χ1n) is 6.29. The van der Waals surface area contributed by atoms with Gasteiger partial charge in [-0.1, -0.05) is 32.0 Å². The molecule has 1 aromatic rings. The summed E-state index contributed by atoms with van der Waals surface area (Å²) in [5.41, 5.74) is 1.15. The number of aliphatic hydroxyl groups excluding tert-OH is 1. The number of benzene rings is 1. The van der Waals surface area contributed by atoms with Gasteiger partial charge in [-0.2, -0.15) is 0 Å². The van der Waals surface area contributed by atoms with Crippen LogP contribution in [0.15, 0.2) is 24.3 Å². The standard InChI is InChI=1S/C14H23NO2/c1-4-11(16)10-17-14-9-7-6-8-12(14)13(5-2)15-3/h6-9,11,13,15-16H,4-5,10H2,1-3H3. The van der Waals surface area contributed by atoms with E-state index in [1.54, 1.807) is 0 Å². The minimum Gasteiger partial charge on any atom is -0.491 e. The van der Waals surface area contributed by atoms with Crippen molar-refractivity contribution in [1.82, 2.24) is 5.32 Å². The third kappa shape index (κ3) is 4.02. The molecule has 1 rings (SSSR count). The molecule has 0 spiro atoms. The van der Waals surface area contributed by atoms with E-state index in [4.69, 9.17) is 4.74 Å². The largest absolute Gasteiger partial charge is 0.491 e. The molecule has 0 amide bonds. The maximum Gasteiger partial charge on any atom is 0.124 e. The Kier molecular flexibility index (Phi) is 6.01. The van der Waals surface area contributed by atoms with Crippen LogP contribution in [-0.2, 0) is 0 Å². The molecule has 3 nitrogen and oxygen atoms in total. The zero-order chi connectivity index (χ0) is 12.7. The van der Waals surface area contributed by atoms with Crippen LogP contribution in [0.2, 0.25) is 0 Å². The second-order valence-corrected chi connectivity index (χ2v) is 4.16. The smallest absolute Gasteiger partial charge is 0.124 e. The molecule has 0 radical (unpaired) electrons. The molecule has 0 aliphatic heterocycles. The fourth-order valence-electron chi connectivity index (χ4n) is 1.78. The molecule has 0 bridgehead atoms. The van der Waals surface area contributed by atoms with E-state index in [2.05, 4.69) is 18.3 Å². The highest BCUT2D eigenvalue weighted by Gasteiger charge is 2.12. The molecule has 0 saturated carbocycles. The molecule has 0 aliphatic carbocycles. The molecular formula is C14H23NO2. The molecule has 1 aromatic carbocycles. The number of ether oxygens (including phenoxy) is 1. The molecule has 0 saturated heterocycles. The Balaban J connectivity index is 2.76. The van der Waals surface area contributed by atoms with Gasteiger partial charge in [0.1, 0.15) is 12.4 Å². The molecule has 2 N–H and O–H groups in total. The normalized spacial score (nSPS) is 14.4. The van der Waals surface area contributed by atoms with E-state index in [0.29, 0.717) is 19.1 Å². The first kappa shape index (κ1) is 14.0. The number of rotatable bonds is 7. The Labute approximate surface area is 104 Å². The SMILES string of the molecule is CCC(O)COc1ccccc1C(CC)NC. The number of para-hydroxylation sites is 1. The van der Waals surface area contributed by atoms with Crippen LogP contribution in [0.3, 0.4) is 0 Å². The minimum atomic E-state index is -0.391. The summed E-state index contributed by atoms with van der Waals surface area (Å²) < 4.78 is 5.68. The highest BCUT2D eigenvalue weighted by atomic mass is 16.5. The third-order valence-corrected chi connectivity index (χ3v) is 2.95. The lowest BCUT2D eigenvalue weighted by Crippen LogP contribution is -2.19. The Morgan fingerprint density at radius 2 is 1.94 bits per heavy atom. The third-order valence-electron chi connectivity index (χ3n) is 2.95. The van der Waals surface area contributed by atoms with Crippen LogP contribution in [0.1, 0.15) is 38.3 Å². The summed E-state index contributed by atoms with van der Waals surface area (Å²) in [6.45, 7) is 4.44. The number of hydrogen-bond acceptors (Lipinski definition) is 3. The molecular weight excluding hydrogens is 214 g/mol. The van der Waals surface area contributed by atoms with Gasteiger partial charge in [0.15, 0.2) is 0 Å². The Morgan fingerprint density at radius 1 is 1.24 bits per heavy atom. The summed E-state index contributed by atoms with van der Waals surface area (Å²) in [5, 5.41) is 12.8. The Bertz CT molecular complexity index is 324. The van der Waals surface area contributed by atoms with Crippen molar-refractivity contribution in [2.24, 2.45) is 0 Å². The van der Waals surface area contributed by atoms with Crippen molar-refractivity contribution in [3.05, 3.63) is 29.8 Å². The number of aliphatic hydroxyl groups is 1. The first-order valence-corrected chi connectivity index (χ1v) is 6.29. The predicted octanol–water partition coefficient (Wildman–Crippen LogP) is 2.51. The quantitative estimate of drug-likeness (QED) is 0.765. The van der Waals surface area contributed by atoms with Gasteiger partial charge >= 0.3 is 0 Å². The zero-order valence-electron chi connectivity index (χ0n) is 10.9. The van der Waals surface area contributed by atoms with Gasteiger partial charge in [0.05, 0.1) is 6.10 Å². The van der Waals surface area contributed by atoms with E-state index < -0.39 is 6.10 Å². The van der Waals surface area contributed by atoms with Crippen molar-refractivity contribution in [2.75, 3.05) is 13.7 Å². The van der Waals surface area contributed by atoms with Crippen LogP contribution in [0.25, 0.3) is 0 Å². The maximum atomic E-state index is 9.52. The van der Waals surface area contributed by atoms with Crippen LogP contribution in [0.4, 0.5) is 0 Å². The minimum absolute atomic E-state index is 0.296. The van der Waals surface area contributed by atoms with Crippen LogP contribution in [-0.4, -0.2) is 24.9 Å². The van der Waals surface area contributed by atoms with Gasteiger partial charge in [0.2, 0.25) is 0 Å². The van der Waals surface area contributed by atoms with E-state index in [-0.39, 0.29) is 0 Å². The van der Waals surface area contributed by atoms with Crippen LogP contribution in [0.5, 0.6) is 5.75 Å². The lowest BCUT2D eigenvalue weighted by molar-refractivity contribution is 0.103. The molecule has 2 atom stereocenters.